The molecule has 3 atom stereocenters. The fraction of sp³-hybridized carbons (Fsp3) is 0.440. The van der Waals surface area contributed by atoms with Crippen molar-refractivity contribution in [2.45, 2.75) is 26.0 Å². The molecule has 0 saturated carbocycles. The number of rotatable bonds is 3. The van der Waals surface area contributed by atoms with Crippen LogP contribution in [0.5, 0.6) is 5.75 Å². The number of carbonyl (C=O) groups excluding carboxylic acids is 2. The minimum absolute atomic E-state index is 0.0706. The number of amides is 2. The molecule has 2 aromatic rings. The molecule has 1 heterocycles. The van der Waals surface area contributed by atoms with Gasteiger partial charge in [-0.25, -0.2) is 4.39 Å². The van der Waals surface area contributed by atoms with Crippen LogP contribution in [-0.4, -0.2) is 74.7 Å². The molecule has 0 aliphatic carbocycles. The van der Waals surface area contributed by atoms with Gasteiger partial charge in [0.15, 0.2) is 0 Å². The Kier molecular flexibility index (Phi) is 8.05. The second-order valence-electron chi connectivity index (χ2n) is 8.68. The van der Waals surface area contributed by atoms with Crippen LogP contribution in [0.3, 0.4) is 0 Å². The lowest BCUT2D eigenvalue weighted by Crippen LogP contribution is -2.45. The van der Waals surface area contributed by atoms with E-state index in [0.717, 1.165) is 6.54 Å². The monoisotopic (exact) mass is 457 g/mol. The molecule has 178 valence electrons. The molecule has 2 aromatic carbocycles. The third kappa shape index (κ3) is 5.89. The molecular formula is C25H32FN3O4. The van der Waals surface area contributed by atoms with E-state index >= 15 is 0 Å². The number of methoxy groups -OCH3 is 1. The molecule has 0 saturated heterocycles. The first-order valence-electron chi connectivity index (χ1n) is 11.0. The van der Waals surface area contributed by atoms with E-state index < -0.39 is 11.7 Å². The van der Waals surface area contributed by atoms with Crippen molar-refractivity contribution >= 4 is 17.5 Å². The minimum atomic E-state index is -0.613. The van der Waals surface area contributed by atoms with Crippen LogP contribution in [0.1, 0.15) is 34.6 Å². The van der Waals surface area contributed by atoms with Gasteiger partial charge < -0.3 is 19.7 Å². The Morgan fingerprint density at radius 2 is 1.88 bits per heavy atom. The van der Waals surface area contributed by atoms with Crippen molar-refractivity contribution in [3.8, 4) is 5.75 Å². The summed E-state index contributed by atoms with van der Waals surface area (Å²) in [5, 5.41) is 2.68. The predicted molar refractivity (Wildman–Crippen MR) is 125 cm³/mol. The number of likely N-dealkylation sites (N-methyl/N-ethyl adjacent to an activating group) is 2. The summed E-state index contributed by atoms with van der Waals surface area (Å²) < 4.78 is 25.7. The van der Waals surface area contributed by atoms with Crippen LogP contribution < -0.4 is 10.1 Å². The number of ether oxygens (including phenoxy) is 2. The molecule has 0 bridgehead atoms. The summed E-state index contributed by atoms with van der Waals surface area (Å²) in [5.74, 6) is -0.825. The zero-order chi connectivity index (χ0) is 24.1. The van der Waals surface area contributed by atoms with Crippen molar-refractivity contribution < 1.29 is 23.5 Å². The standard InChI is InChI=1S/C25H32FN3O4/c1-16-13-28(3)17(2)15-33-22-11-10-18(27-24(30)19-8-6-7-9-21(19)26)12-20(22)25(31)29(4)14-23(16)32-5/h6-12,16-17,23H,13-15H2,1-5H3,(H,27,30)/t16-,17+,23+/m0/s1. The van der Waals surface area contributed by atoms with Crippen molar-refractivity contribution in [1.82, 2.24) is 9.80 Å². The SMILES string of the molecule is CO[C@@H]1CN(C)C(=O)c2cc(NC(=O)c3ccccc3F)ccc2OC[C@@H](C)N(C)C[C@@H]1C. The van der Waals surface area contributed by atoms with Gasteiger partial charge in [-0.2, -0.15) is 0 Å². The summed E-state index contributed by atoms with van der Waals surface area (Å²) >= 11 is 0. The first kappa shape index (κ1) is 24.7. The molecule has 0 spiro atoms. The maximum absolute atomic E-state index is 14.0. The van der Waals surface area contributed by atoms with Gasteiger partial charge in [0.05, 0.1) is 17.2 Å². The van der Waals surface area contributed by atoms with Crippen molar-refractivity contribution in [3.63, 3.8) is 0 Å². The van der Waals surface area contributed by atoms with Gasteiger partial charge in [-0.1, -0.05) is 19.1 Å². The van der Waals surface area contributed by atoms with Gasteiger partial charge in [-0.3, -0.25) is 14.5 Å². The fourth-order valence-electron chi connectivity index (χ4n) is 3.88. The van der Waals surface area contributed by atoms with Gasteiger partial charge in [-0.05, 0) is 50.2 Å². The zero-order valence-corrected chi connectivity index (χ0v) is 19.8. The lowest BCUT2D eigenvalue weighted by atomic mass is 10.0. The number of nitrogens with zero attached hydrogens (tertiary/aromatic N) is 2. The summed E-state index contributed by atoms with van der Waals surface area (Å²) in [7, 11) is 5.41. The van der Waals surface area contributed by atoms with Crippen LogP contribution in [0.15, 0.2) is 42.5 Å². The number of anilines is 1. The van der Waals surface area contributed by atoms with Gasteiger partial charge >= 0.3 is 0 Å². The lowest BCUT2D eigenvalue weighted by Gasteiger charge is -2.34. The summed E-state index contributed by atoms with van der Waals surface area (Å²) in [6, 6.07) is 10.7. The van der Waals surface area contributed by atoms with E-state index in [9.17, 15) is 14.0 Å². The molecular weight excluding hydrogens is 425 g/mol. The molecule has 8 heteroatoms. The Bertz CT molecular complexity index is 999. The topological polar surface area (TPSA) is 71.1 Å². The number of benzene rings is 2. The Balaban J connectivity index is 1.92. The first-order chi connectivity index (χ1) is 15.7. The quantitative estimate of drug-likeness (QED) is 0.764. The number of hydrogen-bond donors (Lipinski definition) is 1. The summed E-state index contributed by atoms with van der Waals surface area (Å²) in [6.07, 6.45) is -0.138. The normalized spacial score (nSPS) is 22.5. The highest BCUT2D eigenvalue weighted by molar-refractivity contribution is 6.05. The van der Waals surface area contributed by atoms with E-state index in [2.05, 4.69) is 24.1 Å². The van der Waals surface area contributed by atoms with E-state index in [1.54, 1.807) is 43.3 Å². The van der Waals surface area contributed by atoms with Crippen LogP contribution in [0.25, 0.3) is 0 Å². The van der Waals surface area contributed by atoms with E-state index in [1.165, 1.54) is 18.2 Å². The Hall–Kier alpha value is -2.97. The molecule has 3 rings (SSSR count). The molecule has 1 aliphatic heterocycles. The van der Waals surface area contributed by atoms with E-state index in [0.29, 0.717) is 30.2 Å². The van der Waals surface area contributed by atoms with Crippen LogP contribution in [0, 0.1) is 11.7 Å². The van der Waals surface area contributed by atoms with Crippen molar-refractivity contribution in [2.75, 3.05) is 46.2 Å². The molecule has 0 unspecified atom stereocenters. The van der Waals surface area contributed by atoms with Gasteiger partial charge in [0.25, 0.3) is 11.8 Å². The molecule has 0 aromatic heterocycles. The molecule has 7 nitrogen and oxygen atoms in total. The number of fused-ring (bicyclic) bond motifs is 1. The maximum Gasteiger partial charge on any atom is 0.258 e. The van der Waals surface area contributed by atoms with Crippen molar-refractivity contribution in [3.05, 3.63) is 59.4 Å². The van der Waals surface area contributed by atoms with Crippen LogP contribution in [-0.2, 0) is 4.74 Å². The fourth-order valence-corrected chi connectivity index (χ4v) is 3.88. The zero-order valence-electron chi connectivity index (χ0n) is 19.8. The summed E-state index contributed by atoms with van der Waals surface area (Å²) in [5.41, 5.74) is 0.627. The number of nitrogens with one attached hydrogen (secondary N) is 1. The molecule has 1 N–H and O–H groups in total. The highest BCUT2D eigenvalue weighted by atomic mass is 19.1. The van der Waals surface area contributed by atoms with E-state index in [-0.39, 0.29) is 29.5 Å². The number of halogens is 1. The highest BCUT2D eigenvalue weighted by Crippen LogP contribution is 2.26. The Morgan fingerprint density at radius 3 is 2.58 bits per heavy atom. The second kappa shape index (κ2) is 10.8. The van der Waals surface area contributed by atoms with Crippen molar-refractivity contribution in [1.29, 1.82) is 0 Å². The molecule has 33 heavy (non-hydrogen) atoms. The smallest absolute Gasteiger partial charge is 0.258 e. The van der Waals surface area contributed by atoms with Crippen molar-refractivity contribution in [2.24, 2.45) is 5.92 Å². The molecule has 0 radical (unpaired) electrons. The lowest BCUT2D eigenvalue weighted by molar-refractivity contribution is 0.0150. The van der Waals surface area contributed by atoms with Gasteiger partial charge in [-0.15, -0.1) is 0 Å². The molecule has 1 aliphatic rings. The van der Waals surface area contributed by atoms with Gasteiger partial charge in [0, 0.05) is 39.0 Å². The summed E-state index contributed by atoms with van der Waals surface area (Å²) in [6.45, 7) is 5.78. The largest absolute Gasteiger partial charge is 0.491 e. The van der Waals surface area contributed by atoms with Gasteiger partial charge in [0.2, 0.25) is 0 Å². The third-order valence-corrected chi connectivity index (χ3v) is 6.13. The second-order valence-corrected chi connectivity index (χ2v) is 8.68. The van der Waals surface area contributed by atoms with Crippen LogP contribution in [0.2, 0.25) is 0 Å². The molecule has 2 amide bonds. The number of carbonyl (C=O) groups is 2. The highest BCUT2D eigenvalue weighted by Gasteiger charge is 2.27. The number of hydrogen-bond acceptors (Lipinski definition) is 5. The molecule has 0 fully saturated rings. The first-order valence-corrected chi connectivity index (χ1v) is 11.0. The average molecular weight is 458 g/mol. The minimum Gasteiger partial charge on any atom is -0.491 e. The Labute approximate surface area is 194 Å². The Morgan fingerprint density at radius 1 is 1.15 bits per heavy atom. The summed E-state index contributed by atoms with van der Waals surface area (Å²) in [4.78, 5) is 29.7. The van der Waals surface area contributed by atoms with Crippen LogP contribution in [0.4, 0.5) is 10.1 Å². The third-order valence-electron chi connectivity index (χ3n) is 6.13. The maximum atomic E-state index is 14.0. The van der Waals surface area contributed by atoms with Crippen LogP contribution >= 0.6 is 0 Å². The van der Waals surface area contributed by atoms with E-state index in [1.807, 2.05) is 7.05 Å². The van der Waals surface area contributed by atoms with E-state index in [4.69, 9.17) is 9.47 Å². The van der Waals surface area contributed by atoms with Gasteiger partial charge in [0.1, 0.15) is 18.2 Å². The average Bonchev–Trinajstić information content (AvgIpc) is 2.80. The predicted octanol–water partition coefficient (Wildman–Crippen LogP) is 3.51.